The number of phenolic OH excluding ortho intramolecular Hbond substituents is 1. The van der Waals surface area contributed by atoms with Gasteiger partial charge in [-0.1, -0.05) is 46.3 Å². The Bertz CT molecular complexity index is 1680. The van der Waals surface area contributed by atoms with E-state index in [4.69, 9.17) is 0 Å². The number of carbonyl (C=O) groups excluding carboxylic acids is 4. The number of sulfone groups is 1. The zero-order valence-electron chi connectivity index (χ0n) is 22.6. The molecule has 0 radical (unpaired) electrons. The Morgan fingerprint density at radius 2 is 1.74 bits per heavy atom. The van der Waals surface area contributed by atoms with Gasteiger partial charge in [0.2, 0.25) is 5.91 Å². The van der Waals surface area contributed by atoms with Crippen molar-refractivity contribution in [2.75, 3.05) is 19.3 Å². The van der Waals surface area contributed by atoms with E-state index in [1.165, 1.54) is 40.1 Å². The van der Waals surface area contributed by atoms with Gasteiger partial charge in [-0.05, 0) is 54.4 Å². The quantitative estimate of drug-likeness (QED) is 0.399. The average molecular weight is 655 g/mol. The van der Waals surface area contributed by atoms with Crippen LogP contribution in [-0.2, 0) is 25.8 Å². The Labute approximate surface area is 251 Å². The molecule has 5 rings (SSSR count). The average Bonchev–Trinajstić information content (AvgIpc) is 3.54. The van der Waals surface area contributed by atoms with Crippen LogP contribution in [0.1, 0.15) is 32.7 Å². The monoisotopic (exact) mass is 653 g/mol. The van der Waals surface area contributed by atoms with Crippen molar-refractivity contribution in [3.63, 3.8) is 0 Å². The van der Waals surface area contributed by atoms with Gasteiger partial charge < -0.3 is 20.2 Å². The van der Waals surface area contributed by atoms with E-state index in [0.717, 1.165) is 6.26 Å². The molecule has 0 spiro atoms. The third kappa shape index (κ3) is 5.95. The molecule has 0 bridgehead atoms. The minimum Gasteiger partial charge on any atom is -0.508 e. The van der Waals surface area contributed by atoms with E-state index in [2.05, 4.69) is 21.2 Å². The van der Waals surface area contributed by atoms with E-state index in [1.807, 2.05) is 0 Å². The third-order valence-electron chi connectivity index (χ3n) is 7.55. The first-order valence-corrected chi connectivity index (χ1v) is 15.9. The number of ketones is 1. The minimum absolute atomic E-state index is 0.0234. The van der Waals surface area contributed by atoms with Crippen molar-refractivity contribution in [1.82, 2.24) is 15.1 Å². The lowest BCUT2D eigenvalue weighted by Gasteiger charge is -2.28. The Kier molecular flexibility index (Phi) is 8.20. The maximum absolute atomic E-state index is 14.0. The number of phenols is 1. The lowest BCUT2D eigenvalue weighted by atomic mass is 10.0. The van der Waals surface area contributed by atoms with Gasteiger partial charge in [0.05, 0.1) is 23.0 Å². The number of carbonyl (C=O) groups is 4. The molecule has 0 saturated carbocycles. The van der Waals surface area contributed by atoms with Crippen LogP contribution in [0, 0.1) is 0 Å². The van der Waals surface area contributed by atoms with Crippen molar-refractivity contribution in [2.24, 2.45) is 0 Å². The molecule has 3 atom stereocenters. The lowest BCUT2D eigenvalue weighted by Crippen LogP contribution is -2.53. The van der Waals surface area contributed by atoms with Crippen molar-refractivity contribution < 1.29 is 32.7 Å². The summed E-state index contributed by atoms with van der Waals surface area (Å²) >= 11 is 3.34. The summed E-state index contributed by atoms with van der Waals surface area (Å²) in [6.07, 6.45) is 1.44. The zero-order chi connectivity index (χ0) is 30.2. The number of amides is 3. The summed E-state index contributed by atoms with van der Waals surface area (Å²) in [6.45, 7) is -0.0840. The lowest BCUT2D eigenvalue weighted by molar-refractivity contribution is -0.138. The first kappa shape index (κ1) is 29.5. The number of Topliss-reactive ketones (excluding diaryl/α,β-unsaturated/α-hetero) is 1. The van der Waals surface area contributed by atoms with E-state index in [1.54, 1.807) is 42.5 Å². The topological polar surface area (TPSA) is 141 Å². The van der Waals surface area contributed by atoms with Crippen molar-refractivity contribution in [2.45, 2.75) is 35.9 Å². The summed E-state index contributed by atoms with van der Waals surface area (Å²) in [5, 5.41) is 12.5. The van der Waals surface area contributed by atoms with Crippen molar-refractivity contribution in [3.05, 3.63) is 94.0 Å². The van der Waals surface area contributed by atoms with Crippen LogP contribution in [-0.4, -0.2) is 84.3 Å². The van der Waals surface area contributed by atoms with Gasteiger partial charge >= 0.3 is 0 Å². The van der Waals surface area contributed by atoms with Crippen LogP contribution in [0.3, 0.4) is 0 Å². The standard InChI is InChI=1S/C30H28BrN3O7S/c1-42(40,41)26-8-3-2-7-22(26)29(38)34-17-25(36)27-24(34)13-14-33(27)30(39)23(15-18-9-11-21(35)12-10-18)32-28(37)19-5-4-6-20(31)16-19/h2-12,16,23-24,27,35H,13-15,17H2,1H3,(H,32,37)/t23-,24+,27-/m0/s1. The Morgan fingerprint density at radius 3 is 2.43 bits per heavy atom. The third-order valence-corrected chi connectivity index (χ3v) is 9.20. The van der Waals surface area contributed by atoms with Crippen LogP contribution >= 0.6 is 15.9 Å². The van der Waals surface area contributed by atoms with Gasteiger partial charge in [-0.15, -0.1) is 0 Å². The van der Waals surface area contributed by atoms with Crippen LogP contribution in [0.25, 0.3) is 0 Å². The SMILES string of the molecule is CS(=O)(=O)c1ccccc1C(=O)N1CC(=O)[C@@H]2[C@H]1CCN2C(=O)[C@H](Cc1ccc(O)cc1)NC(=O)c1cccc(Br)c1. The largest absolute Gasteiger partial charge is 0.508 e. The van der Waals surface area contributed by atoms with Gasteiger partial charge in [0.15, 0.2) is 15.6 Å². The molecular formula is C30H28BrN3O7S. The summed E-state index contributed by atoms with van der Waals surface area (Å²) in [6, 6.07) is 16.2. The molecule has 3 amide bonds. The molecule has 2 aliphatic rings. The van der Waals surface area contributed by atoms with Gasteiger partial charge in [-0.25, -0.2) is 8.42 Å². The number of likely N-dealkylation sites (tertiary alicyclic amines) is 2. The first-order valence-electron chi connectivity index (χ1n) is 13.2. The molecule has 218 valence electrons. The number of hydrogen-bond acceptors (Lipinski definition) is 7. The van der Waals surface area contributed by atoms with E-state index in [0.29, 0.717) is 22.0 Å². The molecule has 0 aromatic heterocycles. The highest BCUT2D eigenvalue weighted by atomic mass is 79.9. The maximum atomic E-state index is 14.0. The minimum atomic E-state index is -3.70. The molecule has 10 nitrogen and oxygen atoms in total. The van der Waals surface area contributed by atoms with Gasteiger partial charge in [0.1, 0.15) is 17.8 Å². The van der Waals surface area contributed by atoms with Gasteiger partial charge in [-0.3, -0.25) is 19.2 Å². The number of nitrogens with zero attached hydrogens (tertiary/aromatic N) is 2. The fraction of sp³-hybridized carbons (Fsp3) is 0.267. The molecule has 0 aliphatic carbocycles. The Hall–Kier alpha value is -4.03. The van der Waals surface area contributed by atoms with Gasteiger partial charge in [0.25, 0.3) is 11.8 Å². The number of fused-ring (bicyclic) bond motifs is 1. The molecule has 3 aromatic carbocycles. The smallest absolute Gasteiger partial charge is 0.255 e. The molecule has 2 aliphatic heterocycles. The normalized spacial score (nSPS) is 19.0. The molecule has 2 fully saturated rings. The predicted molar refractivity (Wildman–Crippen MR) is 157 cm³/mol. The fourth-order valence-corrected chi connectivity index (χ4v) is 6.88. The molecule has 2 heterocycles. The number of halogens is 1. The van der Waals surface area contributed by atoms with Crippen LogP contribution in [0.4, 0.5) is 0 Å². The van der Waals surface area contributed by atoms with E-state index in [9.17, 15) is 32.7 Å². The molecule has 12 heteroatoms. The Morgan fingerprint density at radius 1 is 1.02 bits per heavy atom. The molecule has 42 heavy (non-hydrogen) atoms. The fourth-order valence-electron chi connectivity index (χ4n) is 5.60. The van der Waals surface area contributed by atoms with Gasteiger partial charge in [-0.2, -0.15) is 0 Å². The van der Waals surface area contributed by atoms with Crippen LogP contribution in [0.5, 0.6) is 5.75 Å². The Balaban J connectivity index is 1.41. The second kappa shape index (κ2) is 11.7. The summed E-state index contributed by atoms with van der Waals surface area (Å²) in [4.78, 5) is 56.6. The first-order chi connectivity index (χ1) is 19.9. The summed E-state index contributed by atoms with van der Waals surface area (Å²) < 4.78 is 25.3. The second-order valence-electron chi connectivity index (χ2n) is 10.4. The second-order valence-corrected chi connectivity index (χ2v) is 13.3. The number of nitrogens with one attached hydrogen (secondary N) is 1. The van der Waals surface area contributed by atoms with E-state index >= 15 is 0 Å². The van der Waals surface area contributed by atoms with Crippen molar-refractivity contribution in [1.29, 1.82) is 0 Å². The highest BCUT2D eigenvalue weighted by molar-refractivity contribution is 9.10. The number of aromatic hydroxyl groups is 1. The molecular weight excluding hydrogens is 626 g/mol. The molecule has 2 saturated heterocycles. The number of benzene rings is 3. The van der Waals surface area contributed by atoms with Gasteiger partial charge in [0, 0.05) is 29.3 Å². The van der Waals surface area contributed by atoms with Crippen molar-refractivity contribution in [3.8, 4) is 5.75 Å². The molecule has 0 unspecified atom stereocenters. The highest BCUT2D eigenvalue weighted by Gasteiger charge is 2.52. The zero-order valence-corrected chi connectivity index (χ0v) is 25.0. The van der Waals surface area contributed by atoms with E-state index < -0.39 is 45.7 Å². The maximum Gasteiger partial charge on any atom is 0.255 e. The number of hydrogen-bond donors (Lipinski definition) is 2. The molecule has 3 aromatic rings. The summed E-state index contributed by atoms with van der Waals surface area (Å²) in [5.74, 6) is -1.82. The molecule has 2 N–H and O–H groups in total. The van der Waals surface area contributed by atoms with Crippen LogP contribution < -0.4 is 5.32 Å². The number of rotatable bonds is 7. The summed E-state index contributed by atoms with van der Waals surface area (Å²) in [7, 11) is -3.70. The summed E-state index contributed by atoms with van der Waals surface area (Å²) in [5.41, 5.74) is 0.999. The highest BCUT2D eigenvalue weighted by Crippen LogP contribution is 2.32. The van der Waals surface area contributed by atoms with Crippen molar-refractivity contribution >= 4 is 49.3 Å². The van der Waals surface area contributed by atoms with Crippen LogP contribution in [0.15, 0.2) is 82.2 Å². The van der Waals surface area contributed by atoms with E-state index in [-0.39, 0.29) is 41.5 Å². The predicted octanol–water partition coefficient (Wildman–Crippen LogP) is 2.59. The van der Waals surface area contributed by atoms with Crippen LogP contribution in [0.2, 0.25) is 0 Å².